The van der Waals surface area contributed by atoms with Crippen LogP contribution >= 0.6 is 24.0 Å². The Labute approximate surface area is 202 Å². The van der Waals surface area contributed by atoms with E-state index in [2.05, 4.69) is 20.4 Å². The summed E-state index contributed by atoms with van der Waals surface area (Å²) in [5.74, 6) is 1.72. The highest BCUT2D eigenvalue weighted by molar-refractivity contribution is 14.0. The zero-order valence-electron chi connectivity index (χ0n) is 18.0. The second-order valence-electron chi connectivity index (χ2n) is 7.12. The molecule has 1 aliphatic carbocycles. The summed E-state index contributed by atoms with van der Waals surface area (Å²) in [6.07, 6.45) is -3.28. The van der Waals surface area contributed by atoms with Crippen LogP contribution < -0.4 is 24.8 Å². The van der Waals surface area contributed by atoms with E-state index in [-0.39, 0.29) is 41.7 Å². The molecule has 2 atom stereocenters. The predicted octanol–water partition coefficient (Wildman–Crippen LogP) is 4.48. The first-order valence-electron chi connectivity index (χ1n) is 9.87. The summed E-state index contributed by atoms with van der Waals surface area (Å²) in [5, 5.41) is 6.50. The van der Waals surface area contributed by atoms with Crippen LogP contribution in [-0.4, -0.2) is 46.2 Å². The Morgan fingerprint density at radius 2 is 1.78 bits per heavy atom. The van der Waals surface area contributed by atoms with E-state index >= 15 is 0 Å². The smallest absolute Gasteiger partial charge is 0.493 e. The van der Waals surface area contributed by atoms with E-state index in [1.54, 1.807) is 33.4 Å². The lowest BCUT2D eigenvalue weighted by Crippen LogP contribution is -2.39. The number of para-hydroxylation sites is 1. The molecule has 1 saturated carbocycles. The van der Waals surface area contributed by atoms with Crippen LogP contribution in [0.25, 0.3) is 0 Å². The van der Waals surface area contributed by atoms with Gasteiger partial charge in [-0.05, 0) is 42.2 Å². The molecule has 1 aliphatic rings. The Hall–Kier alpha value is -2.37. The Kier molecular flexibility index (Phi) is 9.29. The molecule has 0 aromatic heterocycles. The molecule has 32 heavy (non-hydrogen) atoms. The van der Waals surface area contributed by atoms with E-state index in [0.29, 0.717) is 36.0 Å². The lowest BCUT2D eigenvalue weighted by molar-refractivity contribution is -0.274. The fourth-order valence-electron chi connectivity index (χ4n) is 3.43. The summed E-state index contributed by atoms with van der Waals surface area (Å²) in [5.41, 5.74) is 1.61. The minimum absolute atomic E-state index is 0. The third-order valence-corrected chi connectivity index (χ3v) is 5.03. The molecule has 2 N–H and O–H groups in total. The number of methoxy groups -OCH3 is 2. The van der Waals surface area contributed by atoms with Crippen molar-refractivity contribution in [3.8, 4) is 17.2 Å². The van der Waals surface area contributed by atoms with Crippen LogP contribution in [0.5, 0.6) is 17.2 Å². The molecule has 2 aromatic rings. The van der Waals surface area contributed by atoms with Gasteiger partial charge in [0.25, 0.3) is 0 Å². The van der Waals surface area contributed by atoms with Gasteiger partial charge >= 0.3 is 6.36 Å². The summed E-state index contributed by atoms with van der Waals surface area (Å²) < 4.78 is 52.7. The van der Waals surface area contributed by atoms with Crippen molar-refractivity contribution in [2.45, 2.75) is 31.2 Å². The molecule has 2 unspecified atom stereocenters. The largest absolute Gasteiger partial charge is 0.573 e. The van der Waals surface area contributed by atoms with Crippen LogP contribution in [0.3, 0.4) is 0 Å². The van der Waals surface area contributed by atoms with Gasteiger partial charge in [0.1, 0.15) is 5.75 Å². The number of halogens is 4. The van der Waals surface area contributed by atoms with Crippen LogP contribution in [0, 0.1) is 0 Å². The summed E-state index contributed by atoms with van der Waals surface area (Å²) in [4.78, 5) is 4.21. The first kappa shape index (κ1) is 25.9. The average molecular weight is 565 g/mol. The van der Waals surface area contributed by atoms with Gasteiger partial charge < -0.3 is 24.8 Å². The molecule has 0 heterocycles. The quantitative estimate of drug-likeness (QED) is 0.281. The van der Waals surface area contributed by atoms with Gasteiger partial charge in [-0.25, -0.2) is 0 Å². The molecule has 176 valence electrons. The fraction of sp³-hybridized carbons (Fsp3) is 0.409. The third kappa shape index (κ3) is 7.07. The fourth-order valence-corrected chi connectivity index (χ4v) is 3.43. The Morgan fingerprint density at radius 1 is 1.06 bits per heavy atom. The molecule has 2 aromatic carbocycles. The van der Waals surface area contributed by atoms with E-state index in [1.165, 1.54) is 12.1 Å². The minimum atomic E-state index is -4.71. The standard InChI is InChI=1S/C22H26F3N3O3.HI/c1-26-21(27-11-10-14-8-9-19(29-2)20(12-14)30-3)28-17-13-16(17)15-6-4-5-7-18(15)31-22(23,24)25;/h4-9,12,16-17H,10-11,13H2,1-3H3,(H2,26,27,28);1H. The number of nitrogens with zero attached hydrogens (tertiary/aromatic N) is 1. The summed E-state index contributed by atoms with van der Waals surface area (Å²) in [6.45, 7) is 0.625. The molecular formula is C22H27F3IN3O3. The number of aliphatic imine (C=N–C) groups is 1. The molecular weight excluding hydrogens is 538 g/mol. The van der Waals surface area contributed by atoms with Crippen molar-refractivity contribution in [3.63, 3.8) is 0 Å². The van der Waals surface area contributed by atoms with Crippen LogP contribution in [-0.2, 0) is 6.42 Å². The molecule has 10 heteroatoms. The van der Waals surface area contributed by atoms with E-state index in [4.69, 9.17) is 9.47 Å². The van der Waals surface area contributed by atoms with Crippen molar-refractivity contribution in [2.24, 2.45) is 4.99 Å². The summed E-state index contributed by atoms with van der Waals surface area (Å²) >= 11 is 0. The topological polar surface area (TPSA) is 64.1 Å². The zero-order chi connectivity index (χ0) is 22.4. The molecule has 3 rings (SSSR count). The first-order valence-corrected chi connectivity index (χ1v) is 9.87. The lowest BCUT2D eigenvalue weighted by atomic mass is 10.1. The number of guanidine groups is 1. The van der Waals surface area contributed by atoms with Crippen LogP contribution in [0.1, 0.15) is 23.5 Å². The number of hydrogen-bond acceptors (Lipinski definition) is 4. The Bertz CT molecular complexity index is 925. The average Bonchev–Trinajstić information content (AvgIpc) is 3.51. The zero-order valence-corrected chi connectivity index (χ0v) is 20.4. The first-order chi connectivity index (χ1) is 14.8. The second kappa shape index (κ2) is 11.5. The number of nitrogens with one attached hydrogen (secondary N) is 2. The van der Waals surface area contributed by atoms with Gasteiger partial charge in [-0.1, -0.05) is 24.3 Å². The molecule has 0 spiro atoms. The molecule has 0 amide bonds. The maximum atomic E-state index is 12.7. The molecule has 1 fully saturated rings. The summed E-state index contributed by atoms with van der Waals surface area (Å²) in [7, 11) is 4.84. The molecule has 6 nitrogen and oxygen atoms in total. The Balaban J connectivity index is 0.00000363. The van der Waals surface area contributed by atoms with Gasteiger partial charge in [-0.15, -0.1) is 37.1 Å². The second-order valence-corrected chi connectivity index (χ2v) is 7.12. The van der Waals surface area contributed by atoms with Gasteiger partial charge in [-0.2, -0.15) is 0 Å². The van der Waals surface area contributed by atoms with E-state index in [1.807, 2.05) is 18.2 Å². The predicted molar refractivity (Wildman–Crippen MR) is 127 cm³/mol. The highest BCUT2D eigenvalue weighted by Gasteiger charge is 2.42. The number of rotatable bonds is 8. The van der Waals surface area contributed by atoms with Crippen LogP contribution in [0.4, 0.5) is 13.2 Å². The van der Waals surface area contributed by atoms with Crippen molar-refractivity contribution >= 4 is 29.9 Å². The lowest BCUT2D eigenvalue weighted by Gasteiger charge is -2.15. The molecule has 0 bridgehead atoms. The third-order valence-electron chi connectivity index (χ3n) is 5.03. The summed E-state index contributed by atoms with van der Waals surface area (Å²) in [6, 6.07) is 12.0. The monoisotopic (exact) mass is 565 g/mol. The van der Waals surface area contributed by atoms with Crippen molar-refractivity contribution in [1.29, 1.82) is 0 Å². The van der Waals surface area contributed by atoms with Gasteiger partial charge in [0.2, 0.25) is 0 Å². The van der Waals surface area contributed by atoms with Crippen molar-refractivity contribution in [3.05, 3.63) is 53.6 Å². The number of ether oxygens (including phenoxy) is 3. The normalized spacial score (nSPS) is 17.8. The van der Waals surface area contributed by atoms with E-state index in [0.717, 1.165) is 12.0 Å². The SMILES string of the molecule is CN=C(NCCc1ccc(OC)c(OC)c1)NC1CC1c1ccccc1OC(F)(F)F.I. The molecule has 0 aliphatic heterocycles. The highest BCUT2D eigenvalue weighted by atomic mass is 127. The number of benzene rings is 2. The van der Waals surface area contributed by atoms with Crippen LogP contribution in [0.2, 0.25) is 0 Å². The maximum Gasteiger partial charge on any atom is 0.573 e. The van der Waals surface area contributed by atoms with E-state index < -0.39 is 6.36 Å². The molecule has 0 radical (unpaired) electrons. The maximum absolute atomic E-state index is 12.7. The van der Waals surface area contributed by atoms with Gasteiger partial charge in [0.15, 0.2) is 17.5 Å². The minimum Gasteiger partial charge on any atom is -0.493 e. The van der Waals surface area contributed by atoms with Crippen molar-refractivity contribution < 1.29 is 27.4 Å². The molecule has 0 saturated heterocycles. The van der Waals surface area contributed by atoms with Crippen molar-refractivity contribution in [2.75, 3.05) is 27.8 Å². The highest BCUT2D eigenvalue weighted by Crippen LogP contribution is 2.45. The Morgan fingerprint density at radius 3 is 2.44 bits per heavy atom. The van der Waals surface area contributed by atoms with Crippen molar-refractivity contribution in [1.82, 2.24) is 10.6 Å². The van der Waals surface area contributed by atoms with Gasteiger partial charge in [0.05, 0.1) is 14.2 Å². The number of alkyl halides is 3. The number of hydrogen-bond donors (Lipinski definition) is 2. The van der Waals surface area contributed by atoms with E-state index in [9.17, 15) is 13.2 Å². The van der Waals surface area contributed by atoms with Gasteiger partial charge in [-0.3, -0.25) is 4.99 Å². The van der Waals surface area contributed by atoms with Crippen LogP contribution in [0.15, 0.2) is 47.5 Å². The van der Waals surface area contributed by atoms with Gasteiger partial charge in [0, 0.05) is 25.6 Å².